The Morgan fingerprint density at radius 1 is 1.44 bits per heavy atom. The van der Waals surface area contributed by atoms with E-state index in [1.54, 1.807) is 7.11 Å². The second-order valence-electron chi connectivity index (χ2n) is 5.08. The van der Waals surface area contributed by atoms with Gasteiger partial charge in [0.1, 0.15) is 5.75 Å². The van der Waals surface area contributed by atoms with E-state index in [4.69, 9.17) is 4.74 Å². The van der Waals surface area contributed by atoms with Gasteiger partial charge in [-0.25, -0.2) is 0 Å². The fourth-order valence-electron chi connectivity index (χ4n) is 2.95. The molecule has 0 saturated heterocycles. The Bertz CT molecular complexity index is 573. The van der Waals surface area contributed by atoms with Crippen LogP contribution >= 0.6 is 11.3 Å². The zero-order valence-electron chi connectivity index (χ0n) is 10.8. The van der Waals surface area contributed by atoms with Crippen molar-refractivity contribution in [1.82, 2.24) is 0 Å². The summed E-state index contributed by atoms with van der Waals surface area (Å²) in [6.07, 6.45) is 2.19. The maximum absolute atomic E-state index is 9.43. The molecule has 0 fully saturated rings. The van der Waals surface area contributed by atoms with Crippen LogP contribution in [0.25, 0.3) is 10.1 Å². The molecule has 1 aliphatic rings. The van der Waals surface area contributed by atoms with Gasteiger partial charge in [-0.2, -0.15) is 0 Å². The molecule has 0 amide bonds. The van der Waals surface area contributed by atoms with Crippen LogP contribution in [0.5, 0.6) is 5.75 Å². The molecular weight excluding hydrogens is 244 g/mol. The highest BCUT2D eigenvalue weighted by Gasteiger charge is 2.28. The molecular formula is C15H18O2S. The van der Waals surface area contributed by atoms with Crippen molar-refractivity contribution in [2.45, 2.75) is 25.7 Å². The number of ether oxygens (including phenoxy) is 1. The fourth-order valence-corrected chi connectivity index (χ4v) is 4.37. The lowest BCUT2D eigenvalue weighted by molar-refractivity contribution is 0.195. The van der Waals surface area contributed by atoms with E-state index < -0.39 is 0 Å². The van der Waals surface area contributed by atoms with E-state index in [0.717, 1.165) is 18.6 Å². The first-order chi connectivity index (χ1) is 8.74. The van der Waals surface area contributed by atoms with Crippen molar-refractivity contribution in [3.63, 3.8) is 0 Å². The third-order valence-electron chi connectivity index (χ3n) is 4.15. The molecule has 2 nitrogen and oxygen atoms in total. The number of fused-ring (bicyclic) bond motifs is 3. The number of hydrogen-bond acceptors (Lipinski definition) is 3. The Hall–Kier alpha value is -1.06. The molecule has 3 rings (SSSR count). The molecule has 0 saturated carbocycles. The Morgan fingerprint density at radius 2 is 2.28 bits per heavy atom. The average Bonchev–Trinajstić information content (AvgIpc) is 2.77. The van der Waals surface area contributed by atoms with Crippen molar-refractivity contribution in [3.05, 3.63) is 28.6 Å². The zero-order chi connectivity index (χ0) is 12.7. The van der Waals surface area contributed by atoms with Crippen LogP contribution in [-0.2, 0) is 6.42 Å². The number of aliphatic hydroxyl groups excluding tert-OH is 1. The van der Waals surface area contributed by atoms with Gasteiger partial charge in [0.15, 0.2) is 0 Å². The summed E-state index contributed by atoms with van der Waals surface area (Å²) >= 11 is 1.87. The monoisotopic (exact) mass is 262 g/mol. The van der Waals surface area contributed by atoms with Gasteiger partial charge < -0.3 is 9.84 Å². The lowest BCUT2D eigenvalue weighted by atomic mass is 9.80. The van der Waals surface area contributed by atoms with Crippen molar-refractivity contribution in [3.8, 4) is 5.75 Å². The Labute approximate surface area is 111 Å². The predicted molar refractivity (Wildman–Crippen MR) is 75.7 cm³/mol. The second-order valence-corrected chi connectivity index (χ2v) is 6.16. The smallest absolute Gasteiger partial charge is 0.120 e. The lowest BCUT2D eigenvalue weighted by Gasteiger charge is -2.27. The molecule has 1 aromatic carbocycles. The predicted octanol–water partition coefficient (Wildman–Crippen LogP) is 3.57. The Balaban J connectivity index is 2.13. The van der Waals surface area contributed by atoms with Crippen LogP contribution in [0.4, 0.5) is 0 Å². The molecule has 3 heteroatoms. The van der Waals surface area contributed by atoms with Crippen LogP contribution < -0.4 is 4.74 Å². The molecule has 0 spiro atoms. The van der Waals surface area contributed by atoms with Crippen LogP contribution in [0.3, 0.4) is 0 Å². The number of thiophene rings is 1. The first-order valence-electron chi connectivity index (χ1n) is 6.44. The standard InChI is InChI=1S/C15H18O2S/c1-9-10(8-16)3-5-13-12-6-4-11(17-2)7-14(12)18-15(9)13/h4,6-7,9-10,16H,3,5,8H2,1-2H3/t9-,10+/m0/s1. The van der Waals surface area contributed by atoms with E-state index in [9.17, 15) is 5.11 Å². The zero-order valence-corrected chi connectivity index (χ0v) is 11.6. The van der Waals surface area contributed by atoms with E-state index in [-0.39, 0.29) is 0 Å². The average molecular weight is 262 g/mol. The summed E-state index contributed by atoms with van der Waals surface area (Å²) in [5.74, 6) is 1.82. The van der Waals surface area contributed by atoms with E-state index in [1.165, 1.54) is 20.5 Å². The lowest BCUT2D eigenvalue weighted by Crippen LogP contribution is -2.19. The van der Waals surface area contributed by atoms with Crippen LogP contribution in [0.1, 0.15) is 29.7 Å². The maximum Gasteiger partial charge on any atom is 0.120 e. The van der Waals surface area contributed by atoms with Gasteiger partial charge in [-0.05, 0) is 53.8 Å². The molecule has 1 aromatic heterocycles. The highest BCUT2D eigenvalue weighted by atomic mass is 32.1. The van der Waals surface area contributed by atoms with Crippen molar-refractivity contribution in [1.29, 1.82) is 0 Å². The van der Waals surface area contributed by atoms with Gasteiger partial charge in [-0.3, -0.25) is 0 Å². The number of rotatable bonds is 2. The van der Waals surface area contributed by atoms with E-state index in [0.29, 0.717) is 18.4 Å². The topological polar surface area (TPSA) is 29.5 Å². The molecule has 2 atom stereocenters. The molecule has 1 N–H and O–H groups in total. The van der Waals surface area contributed by atoms with Crippen molar-refractivity contribution in [2.24, 2.45) is 5.92 Å². The molecule has 0 aliphatic heterocycles. The number of aliphatic hydroxyl groups is 1. The number of aryl methyl sites for hydroxylation is 1. The first-order valence-corrected chi connectivity index (χ1v) is 7.26. The summed E-state index contributed by atoms with van der Waals surface area (Å²) in [6.45, 7) is 2.55. The van der Waals surface area contributed by atoms with Gasteiger partial charge in [0.05, 0.1) is 7.11 Å². The van der Waals surface area contributed by atoms with E-state index in [1.807, 2.05) is 17.4 Å². The van der Waals surface area contributed by atoms with Gasteiger partial charge in [0.2, 0.25) is 0 Å². The number of methoxy groups -OCH3 is 1. The molecule has 1 heterocycles. The highest BCUT2D eigenvalue weighted by Crippen LogP contribution is 2.45. The van der Waals surface area contributed by atoms with Crippen molar-refractivity contribution < 1.29 is 9.84 Å². The molecule has 18 heavy (non-hydrogen) atoms. The summed E-state index contributed by atoms with van der Waals surface area (Å²) in [6, 6.07) is 6.34. The van der Waals surface area contributed by atoms with E-state index >= 15 is 0 Å². The maximum atomic E-state index is 9.43. The minimum Gasteiger partial charge on any atom is -0.497 e. The van der Waals surface area contributed by atoms with Crippen molar-refractivity contribution in [2.75, 3.05) is 13.7 Å². The highest BCUT2D eigenvalue weighted by molar-refractivity contribution is 7.19. The van der Waals surface area contributed by atoms with Gasteiger partial charge in [0.25, 0.3) is 0 Å². The third-order valence-corrected chi connectivity index (χ3v) is 5.55. The number of benzene rings is 1. The summed E-state index contributed by atoms with van der Waals surface area (Å²) in [5.41, 5.74) is 1.50. The quantitative estimate of drug-likeness (QED) is 0.896. The Morgan fingerprint density at radius 3 is 3.00 bits per heavy atom. The molecule has 0 radical (unpaired) electrons. The fraction of sp³-hybridized carbons (Fsp3) is 0.467. The summed E-state index contributed by atoms with van der Waals surface area (Å²) < 4.78 is 6.60. The first kappa shape index (κ1) is 12.0. The summed E-state index contributed by atoms with van der Waals surface area (Å²) in [7, 11) is 1.71. The molecule has 96 valence electrons. The molecule has 0 bridgehead atoms. The summed E-state index contributed by atoms with van der Waals surface area (Å²) in [4.78, 5) is 1.46. The second kappa shape index (κ2) is 4.56. The molecule has 2 aromatic rings. The SMILES string of the molecule is COc1ccc2c3c(sc2c1)[C@@H](C)[C@@H](CO)CC3. The Kier molecular flexibility index (Phi) is 3.04. The van der Waals surface area contributed by atoms with Crippen LogP contribution in [-0.4, -0.2) is 18.8 Å². The molecule has 0 unspecified atom stereocenters. The number of hydrogen-bond donors (Lipinski definition) is 1. The van der Waals surface area contributed by atoms with Gasteiger partial charge >= 0.3 is 0 Å². The van der Waals surface area contributed by atoms with Crippen LogP contribution in [0.15, 0.2) is 18.2 Å². The van der Waals surface area contributed by atoms with Crippen molar-refractivity contribution >= 4 is 21.4 Å². The van der Waals surface area contributed by atoms with Crippen LogP contribution in [0, 0.1) is 5.92 Å². The van der Waals surface area contributed by atoms with Crippen LogP contribution in [0.2, 0.25) is 0 Å². The third kappa shape index (κ3) is 1.73. The minimum atomic E-state index is 0.304. The van der Waals surface area contributed by atoms with Gasteiger partial charge in [0, 0.05) is 16.2 Å². The van der Waals surface area contributed by atoms with Gasteiger partial charge in [-0.1, -0.05) is 6.92 Å². The minimum absolute atomic E-state index is 0.304. The molecule has 1 aliphatic carbocycles. The van der Waals surface area contributed by atoms with Gasteiger partial charge in [-0.15, -0.1) is 11.3 Å². The normalized spacial score (nSPS) is 23.1. The largest absolute Gasteiger partial charge is 0.497 e. The summed E-state index contributed by atoms with van der Waals surface area (Å²) in [5, 5.41) is 10.8. The van der Waals surface area contributed by atoms with E-state index in [2.05, 4.69) is 19.1 Å².